The van der Waals surface area contributed by atoms with E-state index < -0.39 is 16.1 Å². The van der Waals surface area contributed by atoms with Crippen LogP contribution in [0.3, 0.4) is 0 Å². The summed E-state index contributed by atoms with van der Waals surface area (Å²) in [5.41, 5.74) is 6.78. The van der Waals surface area contributed by atoms with Gasteiger partial charge in [-0.3, -0.25) is 4.79 Å². The van der Waals surface area contributed by atoms with E-state index in [2.05, 4.69) is 10.0 Å². The van der Waals surface area contributed by atoms with E-state index in [1.165, 1.54) is 11.3 Å². The van der Waals surface area contributed by atoms with Gasteiger partial charge >= 0.3 is 6.03 Å². The molecule has 1 aromatic carbocycles. The molecule has 0 radical (unpaired) electrons. The Morgan fingerprint density at radius 1 is 1.22 bits per heavy atom. The maximum absolute atomic E-state index is 12.6. The second kappa shape index (κ2) is 8.07. The first-order valence-electron chi connectivity index (χ1n) is 8.30. The molecule has 4 N–H and O–H groups in total. The van der Waals surface area contributed by atoms with Crippen molar-refractivity contribution in [3.63, 3.8) is 0 Å². The fourth-order valence-electron chi connectivity index (χ4n) is 2.85. The third-order valence-corrected chi connectivity index (χ3v) is 6.56. The number of benzene rings is 1. The van der Waals surface area contributed by atoms with Crippen LogP contribution < -0.4 is 15.8 Å². The summed E-state index contributed by atoms with van der Waals surface area (Å²) in [7, 11) is -3.65. The second-order valence-corrected chi connectivity index (χ2v) is 8.92. The number of hydrogen-bond donors (Lipinski definition) is 3. The first kappa shape index (κ1) is 19.3. The third-order valence-electron chi connectivity index (χ3n) is 4.28. The number of primary amides is 1. The van der Waals surface area contributed by atoms with E-state index in [1.54, 1.807) is 23.1 Å². The maximum atomic E-state index is 12.6. The number of nitrogens with one attached hydrogen (secondary N) is 2. The van der Waals surface area contributed by atoms with Gasteiger partial charge in [-0.2, -0.15) is 0 Å². The fraction of sp³-hybridized carbons (Fsp3) is 0.294. The molecule has 1 aromatic heterocycles. The van der Waals surface area contributed by atoms with Crippen LogP contribution in [0.15, 0.2) is 40.6 Å². The van der Waals surface area contributed by atoms with Crippen molar-refractivity contribution in [2.45, 2.75) is 24.4 Å². The van der Waals surface area contributed by atoms with Crippen molar-refractivity contribution in [1.82, 2.24) is 14.9 Å². The lowest BCUT2D eigenvalue weighted by molar-refractivity contribution is -0.130. The monoisotopic (exact) mass is 408 g/mol. The van der Waals surface area contributed by atoms with E-state index in [4.69, 9.17) is 5.73 Å². The molecule has 0 saturated carbocycles. The summed E-state index contributed by atoms with van der Waals surface area (Å²) in [6, 6.07) is 7.95. The largest absolute Gasteiger partial charge is 0.352 e. The molecule has 1 aliphatic heterocycles. The summed E-state index contributed by atoms with van der Waals surface area (Å²) in [5, 5.41) is 4.17. The standard InChI is InChI=1S/C17H20N4O4S2/c18-17(23)19-10-16(22)21-6-5-12-3-4-15(8-13(12)11-21)27(24,25)20-9-14-2-1-7-26-14/h1-4,7-8,20H,5-6,9-11H2,(H3,18,19,23). The van der Waals surface area contributed by atoms with Gasteiger partial charge in [-0.15, -0.1) is 11.3 Å². The molecular weight excluding hydrogens is 388 g/mol. The number of hydrogen-bond acceptors (Lipinski definition) is 5. The van der Waals surface area contributed by atoms with E-state index in [9.17, 15) is 18.0 Å². The molecule has 0 unspecified atom stereocenters. The van der Waals surface area contributed by atoms with E-state index in [1.807, 2.05) is 17.5 Å². The summed E-state index contributed by atoms with van der Waals surface area (Å²) >= 11 is 1.48. The van der Waals surface area contributed by atoms with Crippen LogP contribution in [0.5, 0.6) is 0 Å². The van der Waals surface area contributed by atoms with Gasteiger partial charge in [0, 0.05) is 24.5 Å². The molecule has 2 heterocycles. The van der Waals surface area contributed by atoms with Crippen molar-refractivity contribution in [2.75, 3.05) is 13.1 Å². The Bertz CT molecular complexity index is 942. The number of fused-ring (bicyclic) bond motifs is 1. The number of nitrogens with two attached hydrogens (primary N) is 1. The molecule has 3 rings (SSSR count). The predicted octanol–water partition coefficient (Wildman–Crippen LogP) is 0.780. The van der Waals surface area contributed by atoms with Crippen LogP contribution >= 0.6 is 11.3 Å². The lowest BCUT2D eigenvalue weighted by Crippen LogP contribution is -2.43. The van der Waals surface area contributed by atoms with Gasteiger partial charge in [0.1, 0.15) is 0 Å². The molecule has 10 heteroatoms. The van der Waals surface area contributed by atoms with Gasteiger partial charge in [0.25, 0.3) is 0 Å². The molecule has 1 aliphatic rings. The molecule has 0 fully saturated rings. The smallest absolute Gasteiger partial charge is 0.312 e. The first-order valence-corrected chi connectivity index (χ1v) is 10.7. The molecule has 3 amide bonds. The zero-order chi connectivity index (χ0) is 19.4. The number of urea groups is 1. The number of thiophene rings is 1. The van der Waals surface area contributed by atoms with Crippen molar-refractivity contribution in [3.05, 3.63) is 51.7 Å². The minimum atomic E-state index is -3.65. The summed E-state index contributed by atoms with van der Waals surface area (Å²) in [4.78, 5) is 25.6. The van der Waals surface area contributed by atoms with Crippen molar-refractivity contribution in [3.8, 4) is 0 Å². The number of carbonyl (C=O) groups excluding carboxylic acids is 2. The average molecular weight is 409 g/mol. The molecule has 144 valence electrons. The average Bonchev–Trinajstić information content (AvgIpc) is 3.17. The van der Waals surface area contributed by atoms with Crippen molar-refractivity contribution in [2.24, 2.45) is 5.73 Å². The number of rotatable bonds is 6. The van der Waals surface area contributed by atoms with Crippen molar-refractivity contribution in [1.29, 1.82) is 0 Å². The summed E-state index contributed by atoms with van der Waals surface area (Å²) in [6.07, 6.45) is 0.626. The van der Waals surface area contributed by atoms with Crippen LogP contribution in [-0.4, -0.2) is 38.3 Å². The zero-order valence-corrected chi connectivity index (χ0v) is 16.1. The summed E-state index contributed by atoms with van der Waals surface area (Å²) in [5.74, 6) is -0.261. The van der Waals surface area contributed by atoms with Crippen LogP contribution in [0.1, 0.15) is 16.0 Å². The van der Waals surface area contributed by atoms with Crippen LogP contribution in [0.25, 0.3) is 0 Å². The highest BCUT2D eigenvalue weighted by molar-refractivity contribution is 7.89. The quantitative estimate of drug-likeness (QED) is 0.654. The van der Waals surface area contributed by atoms with Crippen LogP contribution in [-0.2, 0) is 34.3 Å². The molecule has 0 atom stereocenters. The van der Waals surface area contributed by atoms with Gasteiger partial charge in [-0.05, 0) is 41.1 Å². The Balaban J connectivity index is 1.71. The Morgan fingerprint density at radius 3 is 2.74 bits per heavy atom. The van der Waals surface area contributed by atoms with Gasteiger partial charge < -0.3 is 16.0 Å². The number of sulfonamides is 1. The summed E-state index contributed by atoms with van der Waals surface area (Å²) < 4.78 is 27.7. The number of amides is 3. The zero-order valence-electron chi connectivity index (χ0n) is 14.5. The van der Waals surface area contributed by atoms with E-state index in [0.29, 0.717) is 19.5 Å². The lowest BCUT2D eigenvalue weighted by atomic mass is 10.00. The SMILES string of the molecule is NC(=O)NCC(=O)N1CCc2ccc(S(=O)(=O)NCc3cccs3)cc2C1. The Hall–Kier alpha value is -2.43. The lowest BCUT2D eigenvalue weighted by Gasteiger charge is -2.29. The van der Waals surface area contributed by atoms with Gasteiger partial charge in [0.05, 0.1) is 11.4 Å². The minimum absolute atomic E-state index is 0.169. The Kier molecular flexibility index (Phi) is 5.78. The molecule has 0 saturated heterocycles. The van der Waals surface area contributed by atoms with Gasteiger partial charge in [0.2, 0.25) is 15.9 Å². The maximum Gasteiger partial charge on any atom is 0.312 e. The molecule has 0 aliphatic carbocycles. The van der Waals surface area contributed by atoms with Gasteiger partial charge in [0.15, 0.2) is 0 Å². The highest BCUT2D eigenvalue weighted by Crippen LogP contribution is 2.23. The molecule has 27 heavy (non-hydrogen) atoms. The highest BCUT2D eigenvalue weighted by atomic mass is 32.2. The molecule has 0 spiro atoms. The Morgan fingerprint density at radius 2 is 2.04 bits per heavy atom. The van der Waals surface area contributed by atoms with E-state index in [-0.39, 0.29) is 23.9 Å². The minimum Gasteiger partial charge on any atom is -0.352 e. The number of nitrogens with zero attached hydrogens (tertiary/aromatic N) is 1. The fourth-order valence-corrected chi connectivity index (χ4v) is 4.64. The molecular formula is C17H20N4O4S2. The van der Waals surface area contributed by atoms with Crippen LogP contribution in [0.4, 0.5) is 4.79 Å². The second-order valence-electron chi connectivity index (χ2n) is 6.12. The van der Waals surface area contributed by atoms with Crippen molar-refractivity contribution >= 4 is 33.3 Å². The van der Waals surface area contributed by atoms with Crippen LogP contribution in [0, 0.1) is 0 Å². The molecule has 2 aromatic rings. The highest BCUT2D eigenvalue weighted by Gasteiger charge is 2.23. The van der Waals surface area contributed by atoms with E-state index >= 15 is 0 Å². The normalized spacial score (nSPS) is 13.9. The topological polar surface area (TPSA) is 122 Å². The third kappa shape index (κ3) is 4.85. The van der Waals surface area contributed by atoms with Crippen molar-refractivity contribution < 1.29 is 18.0 Å². The first-order chi connectivity index (χ1) is 12.8. The van der Waals surface area contributed by atoms with Gasteiger partial charge in [-0.25, -0.2) is 17.9 Å². The van der Waals surface area contributed by atoms with Gasteiger partial charge in [-0.1, -0.05) is 12.1 Å². The Labute approximate surface area is 161 Å². The summed E-state index contributed by atoms with van der Waals surface area (Å²) in [6.45, 7) is 0.864. The molecule has 0 bridgehead atoms. The molecule has 8 nitrogen and oxygen atoms in total. The van der Waals surface area contributed by atoms with Crippen LogP contribution in [0.2, 0.25) is 0 Å². The predicted molar refractivity (Wildman–Crippen MR) is 101 cm³/mol. The number of carbonyl (C=O) groups is 2. The van der Waals surface area contributed by atoms with E-state index in [0.717, 1.165) is 16.0 Å².